The highest BCUT2D eigenvalue weighted by atomic mass is 16.3. The Balaban J connectivity index is 1.22. The predicted molar refractivity (Wildman–Crippen MR) is 112 cm³/mol. The van der Waals surface area contributed by atoms with Gasteiger partial charge in [-0.1, -0.05) is 36.4 Å². The Bertz CT molecular complexity index is 932. The zero-order valence-corrected chi connectivity index (χ0v) is 16.6. The van der Waals surface area contributed by atoms with Crippen LogP contribution in [0, 0.1) is 5.92 Å². The highest BCUT2D eigenvalue weighted by Gasteiger charge is 2.27. The zero-order chi connectivity index (χ0) is 20.1. The number of rotatable bonds is 6. The van der Waals surface area contributed by atoms with Crippen molar-refractivity contribution in [3.8, 4) is 0 Å². The number of imidazole rings is 1. The number of pyridine rings is 1. The van der Waals surface area contributed by atoms with Crippen LogP contribution in [-0.2, 0) is 13.0 Å². The van der Waals surface area contributed by atoms with Crippen LogP contribution >= 0.6 is 0 Å². The molecule has 2 aromatic heterocycles. The van der Waals surface area contributed by atoms with Crippen LogP contribution in [0.2, 0.25) is 0 Å². The number of urea groups is 1. The van der Waals surface area contributed by atoms with Crippen LogP contribution in [0.15, 0.2) is 60.9 Å². The number of nitrogens with zero attached hydrogens (tertiary/aromatic N) is 3. The van der Waals surface area contributed by atoms with Crippen LogP contribution < -0.4 is 5.32 Å². The van der Waals surface area contributed by atoms with Crippen LogP contribution in [0.4, 0.5) is 4.79 Å². The van der Waals surface area contributed by atoms with Gasteiger partial charge in [0.15, 0.2) is 0 Å². The molecule has 0 saturated carbocycles. The first-order valence-corrected chi connectivity index (χ1v) is 10.4. The van der Waals surface area contributed by atoms with E-state index in [1.54, 1.807) is 6.20 Å². The maximum absolute atomic E-state index is 12.5. The van der Waals surface area contributed by atoms with Gasteiger partial charge >= 0.3 is 6.03 Å². The summed E-state index contributed by atoms with van der Waals surface area (Å²) in [6.07, 6.45) is 6.80. The molecule has 1 saturated heterocycles. The van der Waals surface area contributed by atoms with Crippen molar-refractivity contribution in [2.75, 3.05) is 13.1 Å². The molecular formula is C23H28N4O2. The first-order valence-electron chi connectivity index (χ1n) is 10.4. The second-order valence-electron chi connectivity index (χ2n) is 7.75. The first kappa shape index (κ1) is 19.5. The molecule has 3 heterocycles. The molecule has 1 fully saturated rings. The van der Waals surface area contributed by atoms with E-state index in [1.807, 2.05) is 51.9 Å². The number of aryl methyl sites for hydroxylation is 1. The molecule has 4 rings (SSSR count). The highest BCUT2D eigenvalue weighted by Crippen LogP contribution is 2.23. The van der Waals surface area contributed by atoms with Crippen molar-refractivity contribution >= 4 is 11.7 Å². The Hall–Kier alpha value is -2.86. The number of fused-ring (bicyclic) bond motifs is 1. The molecule has 1 aliphatic rings. The Morgan fingerprint density at radius 3 is 2.69 bits per heavy atom. The summed E-state index contributed by atoms with van der Waals surface area (Å²) in [6.45, 7) is 1.82. The van der Waals surface area contributed by atoms with E-state index in [-0.39, 0.29) is 18.1 Å². The van der Waals surface area contributed by atoms with Gasteiger partial charge in [-0.3, -0.25) is 0 Å². The van der Waals surface area contributed by atoms with Gasteiger partial charge in [-0.2, -0.15) is 0 Å². The van der Waals surface area contributed by atoms with Gasteiger partial charge < -0.3 is 19.7 Å². The molecule has 0 bridgehead atoms. The van der Waals surface area contributed by atoms with Gasteiger partial charge in [0, 0.05) is 19.3 Å². The zero-order valence-electron chi connectivity index (χ0n) is 16.6. The monoisotopic (exact) mass is 392 g/mol. The minimum absolute atomic E-state index is 0.0480. The second kappa shape index (κ2) is 9.09. The fraction of sp³-hybridized carbons (Fsp3) is 0.391. The summed E-state index contributed by atoms with van der Waals surface area (Å²) in [4.78, 5) is 18.7. The van der Waals surface area contributed by atoms with E-state index < -0.39 is 0 Å². The van der Waals surface area contributed by atoms with Crippen LogP contribution in [0.1, 0.15) is 30.5 Å². The summed E-state index contributed by atoms with van der Waals surface area (Å²) in [7, 11) is 0. The first-order chi connectivity index (χ1) is 14.2. The lowest BCUT2D eigenvalue weighted by Crippen LogP contribution is -2.45. The average molecular weight is 393 g/mol. The molecule has 6 heteroatoms. The SMILES string of the molecule is O=C(NCc1cnc2ccccn12)N1CCC([C@@H](O)CCc2ccccc2)CC1. The number of carbonyl (C=O) groups excluding carboxylic acids is 1. The maximum atomic E-state index is 12.5. The van der Waals surface area contributed by atoms with Gasteiger partial charge in [0.1, 0.15) is 5.65 Å². The van der Waals surface area contributed by atoms with Crippen molar-refractivity contribution < 1.29 is 9.90 Å². The van der Waals surface area contributed by atoms with Crippen molar-refractivity contribution in [1.29, 1.82) is 0 Å². The molecule has 2 N–H and O–H groups in total. The molecule has 0 unspecified atom stereocenters. The molecule has 0 radical (unpaired) electrons. The second-order valence-corrected chi connectivity index (χ2v) is 7.75. The molecule has 1 aliphatic heterocycles. The smallest absolute Gasteiger partial charge is 0.317 e. The summed E-state index contributed by atoms with van der Waals surface area (Å²) in [6, 6.07) is 16.1. The molecule has 6 nitrogen and oxygen atoms in total. The summed E-state index contributed by atoms with van der Waals surface area (Å²) in [5.41, 5.74) is 3.10. The van der Waals surface area contributed by atoms with Gasteiger partial charge in [-0.25, -0.2) is 9.78 Å². The number of benzene rings is 1. The molecule has 29 heavy (non-hydrogen) atoms. The molecule has 3 aromatic rings. The number of amides is 2. The van der Waals surface area contributed by atoms with Crippen molar-refractivity contribution in [1.82, 2.24) is 19.6 Å². The van der Waals surface area contributed by atoms with Crippen molar-refractivity contribution in [3.05, 3.63) is 72.2 Å². The number of nitrogens with one attached hydrogen (secondary N) is 1. The quantitative estimate of drug-likeness (QED) is 0.677. The number of hydrogen-bond donors (Lipinski definition) is 2. The molecule has 1 aromatic carbocycles. The number of aromatic nitrogens is 2. The number of aliphatic hydroxyl groups is 1. The third kappa shape index (κ3) is 4.77. The Labute approximate surface area is 171 Å². The third-order valence-electron chi connectivity index (χ3n) is 5.86. The third-order valence-corrected chi connectivity index (χ3v) is 5.86. The lowest BCUT2D eigenvalue weighted by Gasteiger charge is -2.34. The summed E-state index contributed by atoms with van der Waals surface area (Å²) < 4.78 is 1.98. The van der Waals surface area contributed by atoms with E-state index in [2.05, 4.69) is 22.4 Å². The van der Waals surface area contributed by atoms with Crippen LogP contribution in [-0.4, -0.2) is 44.6 Å². The molecule has 0 aliphatic carbocycles. The topological polar surface area (TPSA) is 69.9 Å². The molecule has 1 atom stereocenters. The van der Waals surface area contributed by atoms with Gasteiger partial charge in [0.05, 0.1) is 24.5 Å². The van der Waals surface area contributed by atoms with Gasteiger partial charge in [-0.15, -0.1) is 0 Å². The Kier molecular flexibility index (Phi) is 6.10. The number of carbonyl (C=O) groups is 1. The van der Waals surface area contributed by atoms with E-state index >= 15 is 0 Å². The van der Waals surface area contributed by atoms with Gasteiger partial charge in [-0.05, 0) is 49.3 Å². The standard InChI is InChI=1S/C23H28N4O2/c28-21(10-9-18-6-2-1-3-7-18)19-11-14-26(15-12-19)23(29)25-17-20-16-24-22-8-4-5-13-27(20)22/h1-8,13,16,19,21,28H,9-12,14-15,17H2,(H,25,29)/t21-/m0/s1. The fourth-order valence-corrected chi connectivity index (χ4v) is 4.08. The summed E-state index contributed by atoms with van der Waals surface area (Å²) in [5.74, 6) is 0.265. The van der Waals surface area contributed by atoms with E-state index in [4.69, 9.17) is 0 Å². The maximum Gasteiger partial charge on any atom is 0.317 e. The normalized spacial score (nSPS) is 16.1. The van der Waals surface area contributed by atoms with E-state index in [0.717, 1.165) is 37.0 Å². The van der Waals surface area contributed by atoms with E-state index in [9.17, 15) is 9.90 Å². The fourth-order valence-electron chi connectivity index (χ4n) is 4.08. The number of piperidine rings is 1. The van der Waals surface area contributed by atoms with E-state index in [0.29, 0.717) is 19.6 Å². The lowest BCUT2D eigenvalue weighted by atomic mass is 9.88. The lowest BCUT2D eigenvalue weighted by molar-refractivity contribution is 0.0610. The summed E-state index contributed by atoms with van der Waals surface area (Å²) >= 11 is 0. The average Bonchev–Trinajstić information content (AvgIpc) is 3.20. The highest BCUT2D eigenvalue weighted by molar-refractivity contribution is 5.74. The molecule has 0 spiro atoms. The Morgan fingerprint density at radius 2 is 1.90 bits per heavy atom. The van der Waals surface area contributed by atoms with Crippen LogP contribution in [0.25, 0.3) is 5.65 Å². The minimum Gasteiger partial charge on any atom is -0.393 e. The number of likely N-dealkylation sites (tertiary alicyclic amines) is 1. The minimum atomic E-state index is -0.307. The van der Waals surface area contributed by atoms with Crippen molar-refractivity contribution in [2.24, 2.45) is 5.92 Å². The molecule has 2 amide bonds. The number of aliphatic hydroxyl groups excluding tert-OH is 1. The van der Waals surface area contributed by atoms with Gasteiger partial charge in [0.2, 0.25) is 0 Å². The Morgan fingerprint density at radius 1 is 1.14 bits per heavy atom. The largest absolute Gasteiger partial charge is 0.393 e. The van der Waals surface area contributed by atoms with Gasteiger partial charge in [0.25, 0.3) is 0 Å². The van der Waals surface area contributed by atoms with Crippen molar-refractivity contribution in [2.45, 2.75) is 38.3 Å². The predicted octanol–water partition coefficient (Wildman–Crippen LogP) is 3.25. The molecule has 152 valence electrons. The van der Waals surface area contributed by atoms with Crippen LogP contribution in [0.3, 0.4) is 0 Å². The summed E-state index contributed by atoms with van der Waals surface area (Å²) in [5, 5.41) is 13.6. The molecular weight excluding hydrogens is 364 g/mol. The van der Waals surface area contributed by atoms with Crippen LogP contribution in [0.5, 0.6) is 0 Å². The van der Waals surface area contributed by atoms with Crippen molar-refractivity contribution in [3.63, 3.8) is 0 Å². The van der Waals surface area contributed by atoms with E-state index in [1.165, 1.54) is 5.56 Å². The number of hydrogen-bond acceptors (Lipinski definition) is 3.